The van der Waals surface area contributed by atoms with Crippen LogP contribution in [-0.2, 0) is 0 Å². The summed E-state index contributed by atoms with van der Waals surface area (Å²) in [4.78, 5) is 0. The second-order valence-corrected chi connectivity index (χ2v) is 4.22. The molecule has 0 radical (unpaired) electrons. The fraction of sp³-hybridized carbons (Fsp3) is 0.143. The van der Waals surface area contributed by atoms with E-state index >= 15 is 0 Å². The van der Waals surface area contributed by atoms with Gasteiger partial charge in [-0.25, -0.2) is 0 Å². The number of halogens is 1. The molecule has 0 saturated carbocycles. The summed E-state index contributed by atoms with van der Waals surface area (Å²) in [6, 6.07) is 14.9. The maximum atomic E-state index is 3.43. The van der Waals surface area contributed by atoms with Crippen molar-refractivity contribution >= 4 is 32.3 Å². The van der Waals surface area contributed by atoms with Crippen LogP contribution >= 0.6 is 15.9 Å². The summed E-state index contributed by atoms with van der Waals surface area (Å²) in [5.74, 6) is 0. The van der Waals surface area contributed by atoms with Gasteiger partial charge in [0.15, 0.2) is 0 Å². The molecule has 0 N–H and O–H groups in total. The highest BCUT2D eigenvalue weighted by Crippen LogP contribution is 2.24. The van der Waals surface area contributed by atoms with Crippen molar-refractivity contribution in [3.05, 3.63) is 54.1 Å². The van der Waals surface area contributed by atoms with E-state index in [9.17, 15) is 0 Å². The van der Waals surface area contributed by atoms with E-state index in [2.05, 4.69) is 71.4 Å². The Balaban J connectivity index is 2.66. The highest BCUT2D eigenvalue weighted by Gasteiger charge is 2.00. The molecule has 0 fully saturated rings. The predicted octanol–water partition coefficient (Wildman–Crippen LogP) is 4.64. The fourth-order valence-electron chi connectivity index (χ4n) is 1.79. The average Bonchev–Trinajstić information content (AvgIpc) is 2.28. The van der Waals surface area contributed by atoms with E-state index in [4.69, 9.17) is 0 Å². The normalized spacial score (nSPS) is 12.0. The molecular weight excluding hydrogens is 248 g/mol. The van der Waals surface area contributed by atoms with Gasteiger partial charge in [-0.05, 0) is 28.8 Å². The molecule has 0 aliphatic rings. The molecule has 0 saturated heterocycles. The Bertz CT molecular complexity index is 492. The number of hydrogen-bond donors (Lipinski definition) is 0. The van der Waals surface area contributed by atoms with Crippen LogP contribution in [0, 0.1) is 0 Å². The molecule has 1 heteroatoms. The lowest BCUT2D eigenvalue weighted by Gasteiger charge is -2.06. The molecule has 0 spiro atoms. The summed E-state index contributed by atoms with van der Waals surface area (Å²) in [6.07, 6.45) is 2.20. The van der Waals surface area contributed by atoms with Gasteiger partial charge in [-0.1, -0.05) is 64.5 Å². The van der Waals surface area contributed by atoms with E-state index in [0.29, 0.717) is 0 Å². The third kappa shape index (κ3) is 2.13. The van der Waals surface area contributed by atoms with Gasteiger partial charge in [0, 0.05) is 5.33 Å². The van der Waals surface area contributed by atoms with Crippen LogP contribution in [0.3, 0.4) is 0 Å². The summed E-state index contributed by atoms with van der Waals surface area (Å²) >= 11 is 3.43. The van der Waals surface area contributed by atoms with Crippen LogP contribution in [0.5, 0.6) is 0 Å². The van der Waals surface area contributed by atoms with E-state index in [1.165, 1.54) is 21.9 Å². The highest BCUT2D eigenvalue weighted by atomic mass is 79.9. The Morgan fingerprint density at radius 1 is 1.13 bits per heavy atom. The van der Waals surface area contributed by atoms with Gasteiger partial charge in [-0.15, -0.1) is 0 Å². The Labute approximate surface area is 98.8 Å². The zero-order valence-corrected chi connectivity index (χ0v) is 10.3. The third-order valence-corrected chi connectivity index (χ3v) is 2.92. The van der Waals surface area contributed by atoms with E-state index in [1.54, 1.807) is 0 Å². The van der Waals surface area contributed by atoms with Crippen molar-refractivity contribution in [1.82, 2.24) is 0 Å². The molecule has 0 heterocycles. The zero-order valence-electron chi connectivity index (χ0n) is 8.70. The molecule has 0 nitrogen and oxygen atoms in total. The summed E-state index contributed by atoms with van der Waals surface area (Å²) in [5, 5.41) is 3.54. The van der Waals surface area contributed by atoms with Crippen LogP contribution in [-0.4, -0.2) is 5.33 Å². The van der Waals surface area contributed by atoms with Crippen molar-refractivity contribution < 1.29 is 0 Å². The SMILES string of the molecule is CC(=CCBr)c1cccc2ccccc12. The van der Waals surface area contributed by atoms with E-state index in [1.807, 2.05) is 0 Å². The standard InChI is InChI=1S/C14H13Br/c1-11(9-10-15)13-8-4-6-12-5-2-3-7-14(12)13/h2-9H,10H2,1H3. The van der Waals surface area contributed by atoms with Gasteiger partial charge in [0.05, 0.1) is 0 Å². The maximum Gasteiger partial charge on any atom is 0.0217 e. The van der Waals surface area contributed by atoms with Crippen molar-refractivity contribution in [2.24, 2.45) is 0 Å². The monoisotopic (exact) mass is 260 g/mol. The summed E-state index contributed by atoms with van der Waals surface area (Å²) < 4.78 is 0. The molecule has 15 heavy (non-hydrogen) atoms. The predicted molar refractivity (Wildman–Crippen MR) is 71.4 cm³/mol. The van der Waals surface area contributed by atoms with Gasteiger partial charge < -0.3 is 0 Å². The molecular formula is C14H13Br. The molecule has 2 rings (SSSR count). The van der Waals surface area contributed by atoms with E-state index < -0.39 is 0 Å². The molecule has 0 aromatic heterocycles. The minimum absolute atomic E-state index is 0.905. The van der Waals surface area contributed by atoms with Gasteiger partial charge in [-0.2, -0.15) is 0 Å². The summed E-state index contributed by atoms with van der Waals surface area (Å²) in [7, 11) is 0. The number of alkyl halides is 1. The van der Waals surface area contributed by atoms with Crippen molar-refractivity contribution in [2.75, 3.05) is 5.33 Å². The number of fused-ring (bicyclic) bond motifs is 1. The minimum Gasteiger partial charge on any atom is -0.0883 e. The second-order valence-electron chi connectivity index (χ2n) is 3.57. The average molecular weight is 261 g/mol. The van der Waals surface area contributed by atoms with Crippen LogP contribution in [0.15, 0.2) is 48.5 Å². The Morgan fingerprint density at radius 3 is 2.67 bits per heavy atom. The molecule has 0 atom stereocenters. The largest absolute Gasteiger partial charge is 0.0883 e. The first kappa shape index (κ1) is 10.4. The number of hydrogen-bond acceptors (Lipinski definition) is 0. The van der Waals surface area contributed by atoms with E-state index in [-0.39, 0.29) is 0 Å². The van der Waals surface area contributed by atoms with Crippen molar-refractivity contribution in [3.8, 4) is 0 Å². The molecule has 0 bridgehead atoms. The van der Waals surface area contributed by atoms with Gasteiger partial charge >= 0.3 is 0 Å². The van der Waals surface area contributed by atoms with Crippen molar-refractivity contribution in [3.63, 3.8) is 0 Å². The van der Waals surface area contributed by atoms with Crippen LogP contribution in [0.1, 0.15) is 12.5 Å². The maximum absolute atomic E-state index is 3.43. The molecule has 2 aromatic rings. The Hall–Kier alpha value is -1.08. The highest BCUT2D eigenvalue weighted by molar-refractivity contribution is 9.09. The first-order valence-corrected chi connectivity index (χ1v) is 6.16. The zero-order chi connectivity index (χ0) is 10.7. The van der Waals surface area contributed by atoms with Crippen LogP contribution < -0.4 is 0 Å². The van der Waals surface area contributed by atoms with Gasteiger partial charge in [0.1, 0.15) is 0 Å². The smallest absolute Gasteiger partial charge is 0.0217 e. The lowest BCUT2D eigenvalue weighted by atomic mass is 9.99. The molecule has 2 aromatic carbocycles. The molecule has 0 unspecified atom stereocenters. The molecule has 76 valence electrons. The fourth-order valence-corrected chi connectivity index (χ4v) is 2.28. The molecule has 0 aliphatic heterocycles. The third-order valence-electron chi connectivity index (χ3n) is 2.60. The second kappa shape index (κ2) is 4.63. The minimum atomic E-state index is 0.905. The Morgan fingerprint density at radius 2 is 1.87 bits per heavy atom. The number of allylic oxidation sites excluding steroid dienone is 2. The van der Waals surface area contributed by atoms with E-state index in [0.717, 1.165) is 5.33 Å². The lowest BCUT2D eigenvalue weighted by Crippen LogP contribution is -1.83. The lowest BCUT2D eigenvalue weighted by molar-refractivity contribution is 1.59. The van der Waals surface area contributed by atoms with Crippen LogP contribution in [0.4, 0.5) is 0 Å². The quantitative estimate of drug-likeness (QED) is 0.691. The van der Waals surface area contributed by atoms with Gasteiger partial charge in [0.25, 0.3) is 0 Å². The number of rotatable bonds is 2. The van der Waals surface area contributed by atoms with Crippen molar-refractivity contribution in [1.29, 1.82) is 0 Å². The van der Waals surface area contributed by atoms with Gasteiger partial charge in [0.2, 0.25) is 0 Å². The van der Waals surface area contributed by atoms with Gasteiger partial charge in [-0.3, -0.25) is 0 Å². The number of benzene rings is 2. The van der Waals surface area contributed by atoms with Crippen molar-refractivity contribution in [2.45, 2.75) is 6.92 Å². The summed E-state index contributed by atoms with van der Waals surface area (Å²) in [5.41, 5.74) is 2.65. The molecule has 0 amide bonds. The topological polar surface area (TPSA) is 0 Å². The first-order valence-electron chi connectivity index (χ1n) is 5.04. The summed E-state index contributed by atoms with van der Waals surface area (Å²) in [6.45, 7) is 2.16. The van der Waals surface area contributed by atoms with Crippen LogP contribution in [0.2, 0.25) is 0 Å². The Kier molecular flexibility index (Phi) is 3.22. The molecule has 0 aliphatic carbocycles. The van der Waals surface area contributed by atoms with Crippen LogP contribution in [0.25, 0.3) is 16.3 Å². The first-order chi connectivity index (χ1) is 7.33.